The van der Waals surface area contributed by atoms with E-state index in [1.807, 2.05) is 37.4 Å². The van der Waals surface area contributed by atoms with Crippen molar-refractivity contribution < 1.29 is 4.39 Å². The number of rotatable bonds is 5. The molecule has 4 aromatic heterocycles. The molecule has 8 nitrogen and oxygen atoms in total. The first-order chi connectivity index (χ1) is 14.7. The Morgan fingerprint density at radius 1 is 1.00 bits per heavy atom. The first-order valence-corrected chi connectivity index (χ1v) is 9.44. The summed E-state index contributed by atoms with van der Waals surface area (Å²) in [6, 6.07) is 13.8. The Balaban J connectivity index is 1.67. The van der Waals surface area contributed by atoms with Crippen LogP contribution < -0.4 is 5.32 Å². The lowest BCUT2D eigenvalue weighted by Gasteiger charge is -2.06. The number of pyridine rings is 1. The Hall–Kier alpha value is -4.14. The monoisotopic (exact) mass is 400 g/mol. The van der Waals surface area contributed by atoms with Crippen molar-refractivity contribution in [2.45, 2.75) is 6.92 Å². The standard InChI is InChI=1S/C21H17FN8/c1-2-23-18-11-15(9-10-24-18)17-12-29(20-8-7-19-26-25-13-30(19)27-20)28-21(17)14-3-5-16(22)6-4-14/h3-13H,2H2,1H3,(H,23,24). The van der Waals surface area contributed by atoms with Gasteiger partial charge in [-0.05, 0) is 61.0 Å². The van der Waals surface area contributed by atoms with E-state index < -0.39 is 0 Å². The third-order valence-corrected chi connectivity index (χ3v) is 4.64. The van der Waals surface area contributed by atoms with Crippen LogP contribution in [0.1, 0.15) is 6.92 Å². The molecule has 30 heavy (non-hydrogen) atoms. The van der Waals surface area contributed by atoms with Crippen molar-refractivity contribution in [1.29, 1.82) is 0 Å². The molecule has 0 unspecified atom stereocenters. The zero-order valence-electron chi connectivity index (χ0n) is 16.1. The van der Waals surface area contributed by atoms with Crippen LogP contribution in [0.3, 0.4) is 0 Å². The molecule has 0 aliphatic carbocycles. The first kappa shape index (κ1) is 17.9. The highest BCUT2D eigenvalue weighted by Gasteiger charge is 2.16. The highest BCUT2D eigenvalue weighted by atomic mass is 19.1. The predicted molar refractivity (Wildman–Crippen MR) is 111 cm³/mol. The van der Waals surface area contributed by atoms with Gasteiger partial charge >= 0.3 is 0 Å². The number of aromatic nitrogens is 7. The lowest BCUT2D eigenvalue weighted by atomic mass is 10.0. The molecule has 0 amide bonds. The van der Waals surface area contributed by atoms with Crippen molar-refractivity contribution in [3.8, 4) is 28.2 Å². The maximum atomic E-state index is 13.5. The summed E-state index contributed by atoms with van der Waals surface area (Å²) in [5.74, 6) is 1.09. The second kappa shape index (κ2) is 7.36. The molecule has 0 aliphatic rings. The van der Waals surface area contributed by atoms with Gasteiger partial charge in [0.2, 0.25) is 0 Å². The molecule has 0 radical (unpaired) electrons. The van der Waals surface area contributed by atoms with Crippen LogP contribution in [0, 0.1) is 5.82 Å². The van der Waals surface area contributed by atoms with E-state index in [1.54, 1.807) is 27.5 Å². The fourth-order valence-corrected chi connectivity index (χ4v) is 3.24. The predicted octanol–water partition coefficient (Wildman–Crippen LogP) is 3.61. The molecule has 1 N–H and O–H groups in total. The third kappa shape index (κ3) is 3.26. The smallest absolute Gasteiger partial charge is 0.177 e. The minimum atomic E-state index is -0.294. The van der Waals surface area contributed by atoms with Crippen LogP contribution in [0.25, 0.3) is 33.8 Å². The van der Waals surface area contributed by atoms with Gasteiger partial charge in [0.05, 0.1) is 0 Å². The first-order valence-electron chi connectivity index (χ1n) is 9.44. The fraction of sp³-hybridized carbons (Fsp3) is 0.0952. The maximum Gasteiger partial charge on any atom is 0.177 e. The van der Waals surface area contributed by atoms with Crippen LogP contribution in [-0.4, -0.2) is 41.1 Å². The number of anilines is 1. The zero-order chi connectivity index (χ0) is 20.5. The van der Waals surface area contributed by atoms with E-state index in [0.717, 1.165) is 29.1 Å². The van der Waals surface area contributed by atoms with Crippen molar-refractivity contribution >= 4 is 11.5 Å². The average Bonchev–Trinajstić information content (AvgIpc) is 3.41. The lowest BCUT2D eigenvalue weighted by molar-refractivity contribution is 0.628. The maximum absolute atomic E-state index is 13.5. The minimum Gasteiger partial charge on any atom is -0.370 e. The number of fused-ring (bicyclic) bond motifs is 1. The van der Waals surface area contributed by atoms with Gasteiger partial charge in [0.25, 0.3) is 0 Å². The lowest BCUT2D eigenvalue weighted by Crippen LogP contribution is -2.02. The van der Waals surface area contributed by atoms with Crippen molar-refractivity contribution in [3.05, 3.63) is 73.1 Å². The molecule has 0 bridgehead atoms. The van der Waals surface area contributed by atoms with Gasteiger partial charge in [0, 0.05) is 30.1 Å². The van der Waals surface area contributed by atoms with Crippen molar-refractivity contribution in [1.82, 2.24) is 34.6 Å². The Morgan fingerprint density at radius 3 is 2.70 bits per heavy atom. The van der Waals surface area contributed by atoms with Crippen LogP contribution in [0.2, 0.25) is 0 Å². The summed E-state index contributed by atoms with van der Waals surface area (Å²) in [6.07, 6.45) is 5.19. The summed E-state index contributed by atoms with van der Waals surface area (Å²) in [4.78, 5) is 4.34. The van der Waals surface area contributed by atoms with Gasteiger partial charge in [0.1, 0.15) is 23.7 Å². The normalized spacial score (nSPS) is 11.1. The molecule has 1 aromatic carbocycles. The minimum absolute atomic E-state index is 0.294. The van der Waals surface area contributed by atoms with E-state index in [9.17, 15) is 4.39 Å². The molecule has 0 fully saturated rings. The molecule has 5 rings (SSSR count). The average molecular weight is 400 g/mol. The van der Waals surface area contributed by atoms with E-state index in [2.05, 4.69) is 25.6 Å². The molecule has 148 valence electrons. The Morgan fingerprint density at radius 2 is 1.87 bits per heavy atom. The van der Waals surface area contributed by atoms with Crippen molar-refractivity contribution in [3.63, 3.8) is 0 Å². The van der Waals surface area contributed by atoms with E-state index in [-0.39, 0.29) is 5.82 Å². The molecule has 0 aliphatic heterocycles. The number of nitrogens with zero attached hydrogens (tertiary/aromatic N) is 7. The fourth-order valence-electron chi connectivity index (χ4n) is 3.24. The van der Waals surface area contributed by atoms with Gasteiger partial charge in [-0.1, -0.05) is 0 Å². The highest BCUT2D eigenvalue weighted by molar-refractivity contribution is 5.81. The largest absolute Gasteiger partial charge is 0.370 e. The van der Waals surface area contributed by atoms with E-state index >= 15 is 0 Å². The second-order valence-electron chi connectivity index (χ2n) is 6.63. The number of hydrogen-bond acceptors (Lipinski definition) is 6. The molecule has 0 atom stereocenters. The van der Waals surface area contributed by atoms with Crippen LogP contribution in [0.5, 0.6) is 0 Å². The molecule has 0 spiro atoms. The zero-order valence-corrected chi connectivity index (χ0v) is 16.1. The van der Waals surface area contributed by atoms with E-state index in [1.165, 1.54) is 18.5 Å². The number of hydrogen-bond donors (Lipinski definition) is 1. The van der Waals surface area contributed by atoms with Gasteiger partial charge in [-0.2, -0.15) is 9.61 Å². The number of nitrogens with one attached hydrogen (secondary N) is 1. The topological polar surface area (TPSA) is 85.8 Å². The molecular formula is C21H17FN8. The number of benzene rings is 1. The number of halogens is 1. The van der Waals surface area contributed by atoms with Gasteiger partial charge in [-0.25, -0.2) is 14.1 Å². The summed E-state index contributed by atoms with van der Waals surface area (Å²) in [5.41, 5.74) is 3.99. The van der Waals surface area contributed by atoms with Crippen LogP contribution >= 0.6 is 0 Å². The molecule has 5 aromatic rings. The Kier molecular flexibility index (Phi) is 4.40. The second-order valence-corrected chi connectivity index (χ2v) is 6.63. The quantitative estimate of drug-likeness (QED) is 0.485. The molecule has 4 heterocycles. The molecule has 0 saturated heterocycles. The molecule has 9 heteroatoms. The van der Waals surface area contributed by atoms with E-state index in [4.69, 9.17) is 5.10 Å². The molecular weight excluding hydrogens is 383 g/mol. The van der Waals surface area contributed by atoms with E-state index in [0.29, 0.717) is 17.2 Å². The highest BCUT2D eigenvalue weighted by Crippen LogP contribution is 2.32. The van der Waals surface area contributed by atoms with Crippen molar-refractivity contribution in [2.24, 2.45) is 0 Å². The van der Waals surface area contributed by atoms with Crippen LogP contribution in [0.15, 0.2) is 67.3 Å². The van der Waals surface area contributed by atoms with Crippen LogP contribution in [-0.2, 0) is 0 Å². The Bertz CT molecular complexity index is 1320. The summed E-state index contributed by atoms with van der Waals surface area (Å²) < 4.78 is 16.8. The van der Waals surface area contributed by atoms with Gasteiger partial charge in [0.15, 0.2) is 11.5 Å². The van der Waals surface area contributed by atoms with Gasteiger partial charge in [-0.3, -0.25) is 0 Å². The summed E-state index contributed by atoms with van der Waals surface area (Å²) in [7, 11) is 0. The summed E-state index contributed by atoms with van der Waals surface area (Å²) in [5, 5.41) is 20.3. The SMILES string of the molecule is CCNc1cc(-c2cn(-c3ccc4nncn4n3)nc2-c2ccc(F)cc2)ccn1. The Labute approximate surface area is 171 Å². The van der Waals surface area contributed by atoms with Gasteiger partial charge in [-0.15, -0.1) is 15.3 Å². The van der Waals surface area contributed by atoms with Crippen molar-refractivity contribution in [2.75, 3.05) is 11.9 Å². The van der Waals surface area contributed by atoms with Crippen LogP contribution in [0.4, 0.5) is 10.2 Å². The molecule has 0 saturated carbocycles. The summed E-state index contributed by atoms with van der Waals surface area (Å²) in [6.45, 7) is 2.78. The van der Waals surface area contributed by atoms with Gasteiger partial charge < -0.3 is 5.32 Å². The summed E-state index contributed by atoms with van der Waals surface area (Å²) >= 11 is 0. The third-order valence-electron chi connectivity index (χ3n) is 4.64.